The summed E-state index contributed by atoms with van der Waals surface area (Å²) in [5, 5.41) is 19.2. The standard InChI is InChI=1S/C24H44O2/c1-4-5-9-12-21(26)15-14-19-17-20-18-23(24(20,2)3)22(19)13-10-7-6-8-11-16-25/h7,10,19-23,25-26H,4-6,8-9,11-18H2,1-3H3/b10-7-/t19?,20-,21-,22+,23-/m0/s1. The van der Waals surface area contributed by atoms with Gasteiger partial charge < -0.3 is 10.2 Å². The fourth-order valence-corrected chi connectivity index (χ4v) is 5.67. The molecule has 0 aliphatic heterocycles. The molecule has 0 aromatic rings. The van der Waals surface area contributed by atoms with Gasteiger partial charge in [0.25, 0.3) is 0 Å². The molecule has 0 heterocycles. The van der Waals surface area contributed by atoms with Gasteiger partial charge >= 0.3 is 0 Å². The molecule has 26 heavy (non-hydrogen) atoms. The number of aliphatic hydroxyl groups is 2. The SMILES string of the molecule is CCCCC[C@H](O)CCC1C[C@H]2C[C@@H]([C@@H]1C/C=C\CCCCO)C2(C)C. The fourth-order valence-electron chi connectivity index (χ4n) is 5.67. The van der Waals surface area contributed by atoms with Crippen LogP contribution in [-0.2, 0) is 0 Å². The first-order valence-corrected chi connectivity index (χ1v) is 11.4. The number of fused-ring (bicyclic) bond motifs is 2. The second kappa shape index (κ2) is 10.9. The molecule has 0 aromatic carbocycles. The van der Waals surface area contributed by atoms with E-state index in [2.05, 4.69) is 32.9 Å². The average Bonchev–Trinajstić information content (AvgIpc) is 2.63. The van der Waals surface area contributed by atoms with Gasteiger partial charge in [-0.05, 0) is 86.9 Å². The van der Waals surface area contributed by atoms with E-state index in [0.717, 1.165) is 55.8 Å². The molecular weight excluding hydrogens is 320 g/mol. The van der Waals surface area contributed by atoms with Gasteiger partial charge in [-0.15, -0.1) is 0 Å². The maximum Gasteiger partial charge on any atom is 0.0540 e. The summed E-state index contributed by atoms with van der Waals surface area (Å²) in [6.07, 6.45) is 18.7. The summed E-state index contributed by atoms with van der Waals surface area (Å²) in [6, 6.07) is 0. The first-order valence-electron chi connectivity index (χ1n) is 11.4. The van der Waals surface area contributed by atoms with E-state index >= 15 is 0 Å². The van der Waals surface area contributed by atoms with Crippen molar-refractivity contribution in [2.75, 3.05) is 6.61 Å². The third-order valence-electron chi connectivity index (χ3n) is 7.62. The lowest BCUT2D eigenvalue weighted by molar-refractivity contribution is -0.136. The van der Waals surface area contributed by atoms with Crippen molar-refractivity contribution in [2.24, 2.45) is 29.1 Å². The van der Waals surface area contributed by atoms with E-state index in [1.165, 1.54) is 44.9 Å². The van der Waals surface area contributed by atoms with E-state index in [-0.39, 0.29) is 6.10 Å². The van der Waals surface area contributed by atoms with Crippen molar-refractivity contribution >= 4 is 0 Å². The normalized spacial score (nSPS) is 31.1. The van der Waals surface area contributed by atoms with Crippen LogP contribution in [-0.4, -0.2) is 22.9 Å². The molecule has 0 amide bonds. The molecule has 3 saturated carbocycles. The predicted molar refractivity (Wildman–Crippen MR) is 111 cm³/mol. The molecule has 3 aliphatic rings. The highest BCUT2D eigenvalue weighted by atomic mass is 16.3. The smallest absolute Gasteiger partial charge is 0.0540 e. The Morgan fingerprint density at radius 3 is 2.54 bits per heavy atom. The van der Waals surface area contributed by atoms with Gasteiger partial charge in [0.1, 0.15) is 0 Å². The van der Waals surface area contributed by atoms with E-state index in [1.54, 1.807) is 0 Å². The molecule has 2 bridgehead atoms. The topological polar surface area (TPSA) is 40.5 Å². The minimum atomic E-state index is -0.0810. The summed E-state index contributed by atoms with van der Waals surface area (Å²) in [6.45, 7) is 7.51. The van der Waals surface area contributed by atoms with Crippen LogP contribution in [0.25, 0.3) is 0 Å². The van der Waals surface area contributed by atoms with Gasteiger partial charge in [-0.3, -0.25) is 0 Å². The molecule has 0 radical (unpaired) electrons. The second-order valence-corrected chi connectivity index (χ2v) is 9.67. The van der Waals surface area contributed by atoms with Crippen molar-refractivity contribution in [1.29, 1.82) is 0 Å². The highest BCUT2D eigenvalue weighted by Gasteiger charge is 2.56. The van der Waals surface area contributed by atoms with Crippen LogP contribution in [0, 0.1) is 29.1 Å². The van der Waals surface area contributed by atoms with Gasteiger partial charge in [-0.1, -0.05) is 52.2 Å². The lowest BCUT2D eigenvalue weighted by atomic mass is 9.42. The molecule has 152 valence electrons. The van der Waals surface area contributed by atoms with E-state index in [4.69, 9.17) is 5.11 Å². The van der Waals surface area contributed by atoms with Gasteiger partial charge in [0, 0.05) is 6.61 Å². The number of unbranched alkanes of at least 4 members (excludes halogenated alkanes) is 4. The van der Waals surface area contributed by atoms with Crippen LogP contribution in [0.5, 0.6) is 0 Å². The van der Waals surface area contributed by atoms with Crippen molar-refractivity contribution in [3.8, 4) is 0 Å². The van der Waals surface area contributed by atoms with E-state index in [0.29, 0.717) is 12.0 Å². The number of hydrogen-bond acceptors (Lipinski definition) is 2. The third kappa shape index (κ3) is 5.83. The predicted octanol–water partition coefficient (Wildman–Crippen LogP) is 6.12. The molecule has 1 unspecified atom stereocenters. The van der Waals surface area contributed by atoms with Gasteiger partial charge in [0.15, 0.2) is 0 Å². The van der Waals surface area contributed by atoms with Gasteiger partial charge in [-0.25, -0.2) is 0 Å². The van der Waals surface area contributed by atoms with E-state index in [1.807, 2.05) is 0 Å². The first kappa shape index (κ1) is 22.0. The average molecular weight is 365 g/mol. The summed E-state index contributed by atoms with van der Waals surface area (Å²) >= 11 is 0. The van der Waals surface area contributed by atoms with E-state index in [9.17, 15) is 5.11 Å². The van der Waals surface area contributed by atoms with Crippen LogP contribution in [0.4, 0.5) is 0 Å². The molecule has 3 rings (SSSR count). The first-order chi connectivity index (χ1) is 12.5. The second-order valence-electron chi connectivity index (χ2n) is 9.67. The monoisotopic (exact) mass is 364 g/mol. The Balaban J connectivity index is 1.81. The lowest BCUT2D eigenvalue weighted by Gasteiger charge is -2.63. The van der Waals surface area contributed by atoms with Crippen molar-refractivity contribution in [3.63, 3.8) is 0 Å². The van der Waals surface area contributed by atoms with Crippen molar-refractivity contribution in [2.45, 2.75) is 104 Å². The molecule has 3 fully saturated rings. The molecule has 0 saturated heterocycles. The van der Waals surface area contributed by atoms with Crippen LogP contribution in [0.1, 0.15) is 97.8 Å². The zero-order chi connectivity index (χ0) is 19.0. The maximum atomic E-state index is 10.3. The zero-order valence-electron chi connectivity index (χ0n) is 17.6. The summed E-state index contributed by atoms with van der Waals surface area (Å²) in [4.78, 5) is 0. The van der Waals surface area contributed by atoms with Gasteiger partial charge in [0.05, 0.1) is 6.10 Å². The largest absolute Gasteiger partial charge is 0.396 e. The molecule has 2 heteroatoms. The molecule has 2 N–H and O–H groups in total. The van der Waals surface area contributed by atoms with Crippen molar-refractivity contribution < 1.29 is 10.2 Å². The van der Waals surface area contributed by atoms with Crippen molar-refractivity contribution in [3.05, 3.63) is 12.2 Å². The number of rotatable bonds is 13. The Bertz CT molecular complexity index is 414. The minimum Gasteiger partial charge on any atom is -0.396 e. The number of allylic oxidation sites excluding steroid dienone is 2. The van der Waals surface area contributed by atoms with Crippen molar-refractivity contribution in [1.82, 2.24) is 0 Å². The Labute approximate surface area is 162 Å². The van der Waals surface area contributed by atoms with Crippen LogP contribution in [0.2, 0.25) is 0 Å². The summed E-state index contributed by atoms with van der Waals surface area (Å²) in [7, 11) is 0. The molecule has 2 nitrogen and oxygen atoms in total. The van der Waals surface area contributed by atoms with Crippen LogP contribution in [0.3, 0.4) is 0 Å². The number of aliphatic hydroxyl groups excluding tert-OH is 2. The Morgan fingerprint density at radius 2 is 1.85 bits per heavy atom. The van der Waals surface area contributed by atoms with Gasteiger partial charge in [-0.2, -0.15) is 0 Å². The zero-order valence-corrected chi connectivity index (χ0v) is 17.6. The fraction of sp³-hybridized carbons (Fsp3) is 0.917. The van der Waals surface area contributed by atoms with E-state index < -0.39 is 0 Å². The summed E-state index contributed by atoms with van der Waals surface area (Å²) in [5.41, 5.74) is 0.533. The Kier molecular flexibility index (Phi) is 9.17. The van der Waals surface area contributed by atoms with Crippen LogP contribution < -0.4 is 0 Å². The molecular formula is C24H44O2. The number of hydrogen-bond donors (Lipinski definition) is 2. The Morgan fingerprint density at radius 1 is 1.04 bits per heavy atom. The quantitative estimate of drug-likeness (QED) is 0.305. The molecule has 0 aromatic heterocycles. The summed E-state index contributed by atoms with van der Waals surface area (Å²) < 4.78 is 0. The van der Waals surface area contributed by atoms with Crippen LogP contribution in [0.15, 0.2) is 12.2 Å². The highest BCUT2D eigenvalue weighted by molar-refractivity contribution is 5.07. The molecule has 0 spiro atoms. The minimum absolute atomic E-state index is 0.0810. The third-order valence-corrected chi connectivity index (χ3v) is 7.62. The highest BCUT2D eigenvalue weighted by Crippen LogP contribution is 2.64. The Hall–Kier alpha value is -0.340. The summed E-state index contributed by atoms with van der Waals surface area (Å²) in [5.74, 6) is 3.42. The van der Waals surface area contributed by atoms with Gasteiger partial charge in [0.2, 0.25) is 0 Å². The molecule has 5 atom stereocenters. The van der Waals surface area contributed by atoms with Crippen LogP contribution >= 0.6 is 0 Å². The maximum absolute atomic E-state index is 10.3. The lowest BCUT2D eigenvalue weighted by Crippen LogP contribution is -2.55. The molecule has 3 aliphatic carbocycles.